The Morgan fingerprint density at radius 1 is 1.39 bits per heavy atom. The first-order valence-corrected chi connectivity index (χ1v) is 10.8. The van der Waals surface area contributed by atoms with E-state index in [4.69, 9.17) is 21.0 Å². The summed E-state index contributed by atoms with van der Waals surface area (Å²) in [5, 5.41) is 28.9. The number of pyridine rings is 1. The molecule has 0 atom stereocenters. The molecule has 0 bridgehead atoms. The molecule has 9 heteroatoms. The second kappa shape index (κ2) is 9.00. The topological polar surface area (TPSA) is 110 Å². The van der Waals surface area contributed by atoms with Crippen molar-refractivity contribution in [2.75, 3.05) is 19.0 Å². The molecule has 0 spiro atoms. The number of amides is 1. The van der Waals surface area contributed by atoms with Crippen LogP contribution in [0.3, 0.4) is 0 Å². The highest BCUT2D eigenvalue weighted by molar-refractivity contribution is 6.04. The molecule has 0 unspecified atom stereocenters. The summed E-state index contributed by atoms with van der Waals surface area (Å²) in [7, 11) is 1.40. The normalized spacial score (nSPS) is 20.2. The van der Waals surface area contributed by atoms with E-state index in [1.165, 1.54) is 13.2 Å². The summed E-state index contributed by atoms with van der Waals surface area (Å²) in [6, 6.07) is 8.34. The number of hydrogen-bond acceptors (Lipinski definition) is 6. The Kier molecular flexibility index (Phi) is 6.11. The van der Waals surface area contributed by atoms with Gasteiger partial charge in [-0.1, -0.05) is 5.92 Å². The fourth-order valence-electron chi connectivity index (χ4n) is 4.11. The molecule has 3 N–H and O–H groups in total. The van der Waals surface area contributed by atoms with Gasteiger partial charge in [0, 0.05) is 23.7 Å². The van der Waals surface area contributed by atoms with Crippen molar-refractivity contribution in [2.45, 2.75) is 44.2 Å². The zero-order valence-electron chi connectivity index (χ0n) is 18.6. The second-order valence-corrected chi connectivity index (χ2v) is 8.08. The second-order valence-electron chi connectivity index (χ2n) is 8.08. The van der Waals surface area contributed by atoms with E-state index in [2.05, 4.69) is 11.2 Å². The van der Waals surface area contributed by atoms with Crippen LogP contribution in [0.2, 0.25) is 0 Å². The fourth-order valence-corrected chi connectivity index (χ4v) is 4.11. The van der Waals surface area contributed by atoms with Crippen LogP contribution >= 0.6 is 0 Å². The predicted octanol–water partition coefficient (Wildman–Crippen LogP) is 2.70. The first-order valence-electron chi connectivity index (χ1n) is 10.8. The molecule has 2 aromatic heterocycles. The van der Waals surface area contributed by atoms with Gasteiger partial charge in [0.05, 0.1) is 41.8 Å². The lowest BCUT2D eigenvalue weighted by Crippen LogP contribution is -2.40. The molecule has 4 rings (SSSR count). The number of nitrogens with zero attached hydrogens (tertiary/aromatic N) is 3. The van der Waals surface area contributed by atoms with Crippen molar-refractivity contribution in [3.8, 4) is 24.0 Å². The van der Waals surface area contributed by atoms with E-state index >= 15 is 0 Å². The Morgan fingerprint density at radius 2 is 2.15 bits per heavy atom. The van der Waals surface area contributed by atoms with Crippen LogP contribution in [-0.2, 0) is 0 Å². The van der Waals surface area contributed by atoms with Crippen LogP contribution in [0.15, 0.2) is 36.5 Å². The number of aromatic nitrogens is 3. The average molecular weight is 452 g/mol. The molecule has 3 aromatic rings. The van der Waals surface area contributed by atoms with Crippen molar-refractivity contribution in [1.29, 1.82) is 0 Å². The fraction of sp³-hybridized carbons (Fsp3) is 0.375. The highest BCUT2D eigenvalue weighted by atomic mass is 16.5. The van der Waals surface area contributed by atoms with E-state index in [-0.39, 0.29) is 17.6 Å². The third-order valence-electron chi connectivity index (χ3n) is 5.97. The van der Waals surface area contributed by atoms with Crippen LogP contribution in [-0.4, -0.2) is 45.3 Å². The molecule has 0 aliphatic heterocycles. The van der Waals surface area contributed by atoms with Gasteiger partial charge >= 0.3 is 17.5 Å². The number of carbonyl (C=O) groups excluding carboxylic acids is 1. The van der Waals surface area contributed by atoms with E-state index in [9.17, 15) is 15.1 Å². The number of aliphatic hydroxyl groups is 1. The van der Waals surface area contributed by atoms with Crippen LogP contribution in [0.5, 0.6) is 11.6 Å². The van der Waals surface area contributed by atoms with Crippen molar-refractivity contribution < 1.29 is 29.3 Å². The molecule has 1 amide bonds. The minimum Gasteiger partial charge on any atom is -0.492 e. The number of rotatable bonds is 6. The van der Waals surface area contributed by atoms with Crippen LogP contribution in [0.4, 0.5) is 5.69 Å². The van der Waals surface area contributed by atoms with E-state index in [1.54, 1.807) is 24.3 Å². The van der Waals surface area contributed by atoms with Crippen LogP contribution in [0, 0.1) is 12.3 Å². The Labute approximate surface area is 191 Å². The highest BCUT2D eigenvalue weighted by Gasteiger charge is 2.32. The van der Waals surface area contributed by atoms with Crippen LogP contribution in [0.1, 0.15) is 49.1 Å². The average Bonchev–Trinajstić information content (AvgIpc) is 3.22. The number of fused-ring (bicyclic) bond motifs is 1. The number of methoxy groups -OCH3 is 1. The molecule has 1 aliphatic rings. The van der Waals surface area contributed by atoms with Crippen molar-refractivity contribution in [1.82, 2.24) is 9.78 Å². The summed E-state index contributed by atoms with van der Waals surface area (Å²) >= 11 is 0. The third kappa shape index (κ3) is 4.43. The minimum absolute atomic E-state index is 0.01000. The quantitative estimate of drug-likeness (QED) is 0.302. The molecule has 1 aromatic carbocycles. The Balaban J connectivity index is 1.62. The standard InChI is InChI=1S/C24H26N4O5/c1-4-24(30)11-9-17(10-12-24)27-15-16-13-19(21(33-5-2)14-18(16)26-27)25-23(29)20-7-6-8-22(32-3)28(20)31/h1,6-8,13-15,17,30H,5,9-12H2,2-3H3,(H-,25,29,31)/p+1. The van der Waals surface area contributed by atoms with Gasteiger partial charge in [0.15, 0.2) is 0 Å². The summed E-state index contributed by atoms with van der Waals surface area (Å²) in [6.45, 7) is 2.26. The first kappa shape index (κ1) is 22.4. The lowest BCUT2D eigenvalue weighted by molar-refractivity contribution is -0.907. The molecule has 2 heterocycles. The molecule has 1 fully saturated rings. The van der Waals surface area contributed by atoms with Gasteiger partial charge in [-0.3, -0.25) is 14.7 Å². The van der Waals surface area contributed by atoms with Crippen molar-refractivity contribution in [3.05, 3.63) is 42.2 Å². The number of terminal acetylenes is 1. The van der Waals surface area contributed by atoms with Gasteiger partial charge < -0.3 is 19.9 Å². The number of ether oxygens (including phenoxy) is 2. The van der Waals surface area contributed by atoms with Gasteiger partial charge in [-0.25, -0.2) is 0 Å². The smallest absolute Gasteiger partial charge is 0.417 e. The lowest BCUT2D eigenvalue weighted by Gasteiger charge is -2.32. The Hall–Kier alpha value is -3.77. The molecule has 9 nitrogen and oxygen atoms in total. The van der Waals surface area contributed by atoms with Crippen molar-refractivity contribution in [2.24, 2.45) is 0 Å². The molecular weight excluding hydrogens is 424 g/mol. The molecular formula is C24H27N4O5+. The summed E-state index contributed by atoms with van der Waals surface area (Å²) < 4.78 is 13.4. The number of hydrogen-bond donors (Lipinski definition) is 3. The van der Waals surface area contributed by atoms with Crippen LogP contribution < -0.4 is 19.5 Å². The summed E-state index contributed by atoms with van der Waals surface area (Å²) in [6.07, 6.45) is 9.88. The predicted molar refractivity (Wildman–Crippen MR) is 121 cm³/mol. The molecule has 172 valence electrons. The Bertz CT molecular complexity index is 1220. The maximum atomic E-state index is 12.9. The van der Waals surface area contributed by atoms with Crippen molar-refractivity contribution >= 4 is 22.5 Å². The third-order valence-corrected chi connectivity index (χ3v) is 5.97. The summed E-state index contributed by atoms with van der Waals surface area (Å²) in [4.78, 5) is 12.9. The largest absolute Gasteiger partial charge is 0.492 e. The number of anilines is 1. The van der Waals surface area contributed by atoms with Gasteiger partial charge in [0.1, 0.15) is 11.4 Å². The van der Waals surface area contributed by atoms with Gasteiger partial charge in [0.25, 0.3) is 0 Å². The Morgan fingerprint density at radius 3 is 2.82 bits per heavy atom. The van der Waals surface area contributed by atoms with E-state index in [0.29, 0.717) is 35.6 Å². The maximum absolute atomic E-state index is 12.9. The van der Waals surface area contributed by atoms with Gasteiger partial charge in [-0.15, -0.1) is 6.42 Å². The first-order chi connectivity index (χ1) is 15.9. The molecule has 1 saturated carbocycles. The lowest BCUT2D eigenvalue weighted by atomic mass is 9.83. The van der Waals surface area contributed by atoms with E-state index in [1.807, 2.05) is 17.8 Å². The zero-order valence-corrected chi connectivity index (χ0v) is 18.6. The summed E-state index contributed by atoms with van der Waals surface area (Å²) in [5.74, 6) is 2.58. The number of benzene rings is 1. The molecule has 0 radical (unpaired) electrons. The number of carbonyl (C=O) groups is 1. The molecule has 1 aliphatic carbocycles. The summed E-state index contributed by atoms with van der Waals surface area (Å²) in [5.41, 5.74) is 0.164. The van der Waals surface area contributed by atoms with E-state index in [0.717, 1.165) is 23.7 Å². The maximum Gasteiger partial charge on any atom is 0.417 e. The van der Waals surface area contributed by atoms with Gasteiger partial charge in [0.2, 0.25) is 0 Å². The van der Waals surface area contributed by atoms with Gasteiger partial charge in [-0.2, -0.15) is 5.10 Å². The molecule has 0 saturated heterocycles. The minimum atomic E-state index is -1.04. The van der Waals surface area contributed by atoms with Gasteiger partial charge in [-0.05, 0) is 44.7 Å². The molecule has 33 heavy (non-hydrogen) atoms. The number of nitrogens with one attached hydrogen (secondary N) is 1. The van der Waals surface area contributed by atoms with Crippen molar-refractivity contribution in [3.63, 3.8) is 0 Å². The van der Waals surface area contributed by atoms with E-state index < -0.39 is 11.5 Å². The van der Waals surface area contributed by atoms with Crippen LogP contribution in [0.25, 0.3) is 10.9 Å². The SMILES string of the molecule is C#CC1(O)CCC(n2cc3cc(NC(=O)c4cccc(OC)[n+]4O)c(OCC)cc3n2)CC1. The zero-order chi connectivity index (χ0) is 23.6. The highest BCUT2D eigenvalue weighted by Crippen LogP contribution is 2.36. The monoisotopic (exact) mass is 451 g/mol.